The highest BCUT2D eigenvalue weighted by atomic mass is 35.5. The molecule has 1 fully saturated rings. The van der Waals surface area contributed by atoms with Crippen LogP contribution in [-0.2, 0) is 20.7 Å². The molecule has 5 nitrogen and oxygen atoms in total. The van der Waals surface area contributed by atoms with E-state index in [1.807, 2.05) is 30.3 Å². The highest BCUT2D eigenvalue weighted by Crippen LogP contribution is 2.14. The van der Waals surface area contributed by atoms with Crippen LogP contribution in [0.5, 0.6) is 0 Å². The van der Waals surface area contributed by atoms with E-state index >= 15 is 0 Å². The fraction of sp³-hybridized carbons (Fsp3) is 0.611. The van der Waals surface area contributed by atoms with Crippen molar-refractivity contribution in [3.05, 3.63) is 35.9 Å². The second-order valence-electron chi connectivity index (χ2n) is 6.07. The molecular weight excluding hydrogens is 328 g/mol. The van der Waals surface area contributed by atoms with Gasteiger partial charge in [-0.05, 0) is 37.2 Å². The summed E-state index contributed by atoms with van der Waals surface area (Å²) in [6, 6.07) is 9.33. The van der Waals surface area contributed by atoms with E-state index in [2.05, 4.69) is 5.32 Å². The van der Waals surface area contributed by atoms with Gasteiger partial charge in [0, 0.05) is 33.0 Å². The molecule has 3 N–H and O–H groups in total. The summed E-state index contributed by atoms with van der Waals surface area (Å²) < 4.78 is 11.0. The lowest BCUT2D eigenvalue weighted by molar-refractivity contribution is -0.122. The molecule has 0 saturated carbocycles. The van der Waals surface area contributed by atoms with E-state index in [1.54, 1.807) is 0 Å². The quantitative estimate of drug-likeness (QED) is 0.663. The Bertz CT molecular complexity index is 453. The van der Waals surface area contributed by atoms with Gasteiger partial charge in [0.1, 0.15) is 0 Å². The average Bonchev–Trinajstić information content (AvgIpc) is 2.59. The van der Waals surface area contributed by atoms with Crippen LogP contribution in [0.2, 0.25) is 0 Å². The minimum absolute atomic E-state index is 0. The molecule has 6 heteroatoms. The molecule has 0 aromatic heterocycles. The lowest BCUT2D eigenvalue weighted by Gasteiger charge is -2.21. The third kappa shape index (κ3) is 8.11. The maximum atomic E-state index is 11.9. The zero-order chi connectivity index (χ0) is 16.3. The summed E-state index contributed by atoms with van der Waals surface area (Å²) in [6.07, 6.45) is 3.55. The van der Waals surface area contributed by atoms with Gasteiger partial charge >= 0.3 is 0 Å². The molecule has 1 aliphatic heterocycles. The minimum Gasteiger partial charge on any atom is -0.381 e. The van der Waals surface area contributed by atoms with Crippen molar-refractivity contribution in [1.29, 1.82) is 0 Å². The van der Waals surface area contributed by atoms with Crippen LogP contribution in [-0.4, -0.2) is 44.9 Å². The normalized spacial score (nSPS) is 16.2. The molecule has 1 atom stereocenters. The van der Waals surface area contributed by atoms with Crippen LogP contribution < -0.4 is 11.1 Å². The first-order valence-corrected chi connectivity index (χ1v) is 8.48. The number of hydrogen-bond donors (Lipinski definition) is 2. The lowest BCUT2D eigenvalue weighted by Crippen LogP contribution is -2.42. The zero-order valence-corrected chi connectivity index (χ0v) is 14.9. The number of nitrogens with two attached hydrogens (primary N) is 1. The molecule has 24 heavy (non-hydrogen) atoms. The molecule has 0 bridgehead atoms. The van der Waals surface area contributed by atoms with Crippen molar-refractivity contribution in [3.63, 3.8) is 0 Å². The van der Waals surface area contributed by atoms with E-state index in [0.717, 1.165) is 44.6 Å². The molecule has 0 spiro atoms. The van der Waals surface area contributed by atoms with Crippen LogP contribution in [0, 0.1) is 5.92 Å². The number of halogens is 1. The summed E-state index contributed by atoms with van der Waals surface area (Å²) >= 11 is 0. The standard InChI is InChI=1S/C18H28N2O3.ClH/c19-17(13-15-5-2-1-3-6-15)18(21)20-9-4-10-23-14-16-7-11-22-12-8-16;/h1-3,5-6,16-17H,4,7-14,19H2,(H,20,21);1H/t17-;/m0./s1. The second-order valence-corrected chi connectivity index (χ2v) is 6.07. The van der Waals surface area contributed by atoms with E-state index in [1.165, 1.54) is 0 Å². The summed E-state index contributed by atoms with van der Waals surface area (Å²) in [5.41, 5.74) is 7.01. The van der Waals surface area contributed by atoms with Crippen molar-refractivity contribution in [3.8, 4) is 0 Å². The first-order valence-electron chi connectivity index (χ1n) is 8.48. The van der Waals surface area contributed by atoms with Gasteiger partial charge < -0.3 is 20.5 Å². The predicted octanol–water partition coefficient (Wildman–Crippen LogP) is 1.93. The number of carbonyl (C=O) groups excluding carboxylic acids is 1. The Balaban J connectivity index is 0.00000288. The number of hydrogen-bond acceptors (Lipinski definition) is 4. The van der Waals surface area contributed by atoms with E-state index in [-0.39, 0.29) is 18.3 Å². The largest absolute Gasteiger partial charge is 0.381 e. The summed E-state index contributed by atoms with van der Waals surface area (Å²) in [4.78, 5) is 11.9. The van der Waals surface area contributed by atoms with Gasteiger partial charge in [-0.3, -0.25) is 4.79 Å². The predicted molar refractivity (Wildman–Crippen MR) is 97.4 cm³/mol. The summed E-state index contributed by atoms with van der Waals surface area (Å²) in [7, 11) is 0. The smallest absolute Gasteiger partial charge is 0.237 e. The molecule has 1 aliphatic rings. The number of amides is 1. The van der Waals surface area contributed by atoms with Crippen molar-refractivity contribution in [2.45, 2.75) is 31.7 Å². The molecule has 1 aromatic carbocycles. The Kier molecular flexibility index (Phi) is 10.7. The third-order valence-electron chi connectivity index (χ3n) is 4.09. The van der Waals surface area contributed by atoms with Crippen molar-refractivity contribution < 1.29 is 14.3 Å². The van der Waals surface area contributed by atoms with Gasteiger partial charge in [-0.15, -0.1) is 12.4 Å². The van der Waals surface area contributed by atoms with E-state index < -0.39 is 6.04 Å². The molecule has 1 amide bonds. The molecule has 1 heterocycles. The van der Waals surface area contributed by atoms with Crippen LogP contribution in [0.15, 0.2) is 30.3 Å². The maximum absolute atomic E-state index is 11.9. The van der Waals surface area contributed by atoms with E-state index in [9.17, 15) is 4.79 Å². The van der Waals surface area contributed by atoms with Crippen molar-refractivity contribution in [1.82, 2.24) is 5.32 Å². The van der Waals surface area contributed by atoms with Crippen molar-refractivity contribution in [2.24, 2.45) is 11.7 Å². The van der Waals surface area contributed by atoms with Crippen LogP contribution in [0.25, 0.3) is 0 Å². The number of nitrogens with one attached hydrogen (secondary N) is 1. The molecule has 0 unspecified atom stereocenters. The fourth-order valence-electron chi connectivity index (χ4n) is 2.64. The zero-order valence-electron chi connectivity index (χ0n) is 14.1. The highest BCUT2D eigenvalue weighted by molar-refractivity contribution is 5.85. The van der Waals surface area contributed by atoms with Crippen LogP contribution >= 0.6 is 12.4 Å². The minimum atomic E-state index is -0.499. The molecule has 0 radical (unpaired) electrons. The molecule has 2 rings (SSSR count). The van der Waals surface area contributed by atoms with Gasteiger partial charge in [-0.2, -0.15) is 0 Å². The molecule has 0 aliphatic carbocycles. The lowest BCUT2D eigenvalue weighted by atomic mass is 10.0. The van der Waals surface area contributed by atoms with Gasteiger partial charge in [0.05, 0.1) is 6.04 Å². The Morgan fingerprint density at radius 3 is 2.71 bits per heavy atom. The first-order chi connectivity index (χ1) is 11.3. The monoisotopic (exact) mass is 356 g/mol. The number of carbonyl (C=O) groups is 1. The molecule has 136 valence electrons. The summed E-state index contributed by atoms with van der Waals surface area (Å²) in [5, 5.41) is 2.88. The maximum Gasteiger partial charge on any atom is 0.237 e. The molecular formula is C18H29ClN2O3. The molecule has 1 saturated heterocycles. The second kappa shape index (κ2) is 12.3. The van der Waals surface area contributed by atoms with Gasteiger partial charge in [0.15, 0.2) is 0 Å². The van der Waals surface area contributed by atoms with Gasteiger partial charge in [0.2, 0.25) is 5.91 Å². The fourth-order valence-corrected chi connectivity index (χ4v) is 2.64. The first kappa shape index (κ1) is 20.9. The van der Waals surface area contributed by atoms with Gasteiger partial charge in [-0.1, -0.05) is 30.3 Å². The Morgan fingerprint density at radius 2 is 2.00 bits per heavy atom. The average molecular weight is 357 g/mol. The summed E-state index contributed by atoms with van der Waals surface area (Å²) in [5.74, 6) is 0.524. The van der Waals surface area contributed by atoms with E-state index in [0.29, 0.717) is 25.5 Å². The topological polar surface area (TPSA) is 73.6 Å². The van der Waals surface area contributed by atoms with Crippen molar-refractivity contribution in [2.75, 3.05) is 33.0 Å². The Labute approximate surface area is 150 Å². The van der Waals surface area contributed by atoms with Gasteiger partial charge in [0.25, 0.3) is 0 Å². The number of ether oxygens (including phenoxy) is 2. The molecule has 1 aromatic rings. The summed E-state index contributed by atoms with van der Waals surface area (Å²) in [6.45, 7) is 3.78. The Hall–Kier alpha value is -1.14. The third-order valence-corrected chi connectivity index (χ3v) is 4.09. The van der Waals surface area contributed by atoms with Crippen molar-refractivity contribution >= 4 is 18.3 Å². The van der Waals surface area contributed by atoms with Crippen LogP contribution in [0.1, 0.15) is 24.8 Å². The van der Waals surface area contributed by atoms with E-state index in [4.69, 9.17) is 15.2 Å². The number of benzene rings is 1. The number of rotatable bonds is 9. The van der Waals surface area contributed by atoms with Gasteiger partial charge in [-0.25, -0.2) is 0 Å². The van der Waals surface area contributed by atoms with Crippen LogP contribution in [0.4, 0.5) is 0 Å². The highest BCUT2D eigenvalue weighted by Gasteiger charge is 2.14. The van der Waals surface area contributed by atoms with Crippen LogP contribution in [0.3, 0.4) is 0 Å². The SMILES string of the molecule is Cl.N[C@@H](Cc1ccccc1)C(=O)NCCCOCC1CCOCC1. The Morgan fingerprint density at radius 1 is 1.29 bits per heavy atom.